The quantitative estimate of drug-likeness (QED) is 0.141. The van der Waals surface area contributed by atoms with Crippen LogP contribution in [0.3, 0.4) is 0 Å². The van der Waals surface area contributed by atoms with Crippen molar-refractivity contribution in [2.45, 2.75) is 72.1 Å². The summed E-state index contributed by atoms with van der Waals surface area (Å²) in [5.41, 5.74) is 10.8. The smallest absolute Gasteiger partial charge is 0.270 e. The molecule has 6 heteroatoms. The average Bonchev–Trinajstić information content (AvgIpc) is 3.06. The highest BCUT2D eigenvalue weighted by molar-refractivity contribution is 6.12. The average molecular weight is 625 g/mol. The number of pyridine rings is 1. The van der Waals surface area contributed by atoms with Crippen molar-refractivity contribution < 1.29 is 0 Å². The van der Waals surface area contributed by atoms with Crippen LogP contribution in [-0.2, 0) is 10.8 Å². The van der Waals surface area contributed by atoms with E-state index in [9.17, 15) is 15.8 Å². The third kappa shape index (κ3) is 5.04. The van der Waals surface area contributed by atoms with Crippen LogP contribution in [0.1, 0.15) is 100 Å². The number of fused-ring (bicyclic) bond motifs is 4. The van der Waals surface area contributed by atoms with E-state index in [1.165, 1.54) is 5.56 Å². The molecule has 2 aliphatic rings. The molecule has 0 aliphatic carbocycles. The summed E-state index contributed by atoms with van der Waals surface area (Å²) in [5.74, 6) is 0.216. The van der Waals surface area contributed by atoms with Crippen LogP contribution in [0.15, 0.2) is 78.1 Å². The Morgan fingerprint density at radius 2 is 1.42 bits per heavy atom. The number of hydrogen-bond acceptors (Lipinski definition) is 5. The monoisotopic (exact) mass is 624 g/mol. The molecule has 4 aromatic rings. The summed E-state index contributed by atoms with van der Waals surface area (Å²) in [6.07, 6.45) is 1.78. The van der Waals surface area contributed by atoms with Gasteiger partial charge in [0.15, 0.2) is 0 Å². The van der Waals surface area contributed by atoms with Crippen molar-refractivity contribution in [3.8, 4) is 29.5 Å². The van der Waals surface area contributed by atoms with Gasteiger partial charge >= 0.3 is 0 Å². The van der Waals surface area contributed by atoms with Crippen molar-refractivity contribution in [1.29, 1.82) is 15.8 Å². The number of hydrogen-bond donors (Lipinski definition) is 0. The van der Waals surface area contributed by atoms with Crippen LogP contribution in [0.25, 0.3) is 27.2 Å². The van der Waals surface area contributed by atoms with Gasteiger partial charge in [-0.15, -0.1) is 0 Å². The summed E-state index contributed by atoms with van der Waals surface area (Å²) in [6.45, 7) is 25.1. The van der Waals surface area contributed by atoms with Gasteiger partial charge in [0.05, 0.1) is 35.4 Å². The molecule has 0 N–H and O–H groups in total. The lowest BCUT2D eigenvalue weighted by molar-refractivity contribution is 0.590. The van der Waals surface area contributed by atoms with Crippen LogP contribution in [-0.4, -0.2) is 4.98 Å². The zero-order chi connectivity index (χ0) is 34.7. The van der Waals surface area contributed by atoms with Gasteiger partial charge in [-0.05, 0) is 75.4 Å². The van der Waals surface area contributed by atoms with Crippen LogP contribution < -0.4 is 4.90 Å². The Morgan fingerprint density at radius 3 is 2.00 bits per heavy atom. The van der Waals surface area contributed by atoms with Crippen LogP contribution in [0.2, 0.25) is 0 Å². The highest BCUT2D eigenvalue weighted by atomic mass is 15.2. The Hall–Kier alpha value is -5.95. The summed E-state index contributed by atoms with van der Waals surface area (Å²) in [5, 5.41) is 30.9. The normalized spacial score (nSPS) is 14.1. The van der Waals surface area contributed by atoms with Crippen molar-refractivity contribution >= 4 is 28.2 Å². The molecule has 1 aromatic heterocycles. The molecular weight excluding hydrogens is 589 g/mol. The van der Waals surface area contributed by atoms with Gasteiger partial charge in [0.2, 0.25) is 0 Å². The van der Waals surface area contributed by atoms with Gasteiger partial charge in [0, 0.05) is 39.6 Å². The number of anilines is 3. The summed E-state index contributed by atoms with van der Waals surface area (Å²) in [7, 11) is 0. The summed E-state index contributed by atoms with van der Waals surface area (Å²) in [4.78, 5) is 10.8. The molecule has 0 unspecified atom stereocenters. The molecule has 3 heterocycles. The number of rotatable bonds is 2. The fraction of sp³-hybridized carbons (Fsp3) is 0.262. The maximum atomic E-state index is 10.3. The zero-order valence-electron chi connectivity index (χ0n) is 28.6. The van der Waals surface area contributed by atoms with Crippen molar-refractivity contribution in [2.75, 3.05) is 4.90 Å². The van der Waals surface area contributed by atoms with Crippen LogP contribution in [0.5, 0.6) is 0 Å². The van der Waals surface area contributed by atoms with Gasteiger partial charge in [-0.1, -0.05) is 79.7 Å². The third-order valence-electron chi connectivity index (χ3n) is 9.28. The second-order valence-corrected chi connectivity index (χ2v) is 14.8. The minimum absolute atomic E-state index is 0.0153. The van der Waals surface area contributed by atoms with Crippen molar-refractivity contribution in [1.82, 2.24) is 4.98 Å². The molecular formula is C42H36N6. The summed E-state index contributed by atoms with van der Waals surface area (Å²) in [6, 6.07) is 27.3. The lowest BCUT2D eigenvalue weighted by Gasteiger charge is -2.42. The van der Waals surface area contributed by atoms with Gasteiger partial charge in [0.1, 0.15) is 17.7 Å². The maximum Gasteiger partial charge on any atom is 0.270 e. The zero-order valence-corrected chi connectivity index (χ0v) is 28.6. The van der Waals surface area contributed by atoms with E-state index in [0.29, 0.717) is 22.3 Å². The van der Waals surface area contributed by atoms with Crippen LogP contribution >= 0.6 is 0 Å². The van der Waals surface area contributed by atoms with Gasteiger partial charge in [0.25, 0.3) is 5.70 Å². The number of nitrogens with zero attached hydrogens (tertiary/aromatic N) is 6. The van der Waals surface area contributed by atoms with Crippen molar-refractivity contribution in [2.24, 2.45) is 0 Å². The Balaban J connectivity index is 1.81. The first kappa shape index (κ1) is 32.0. The Morgan fingerprint density at radius 1 is 0.750 bits per heavy atom. The molecule has 6 rings (SSSR count). The number of aromatic nitrogens is 1. The fourth-order valence-corrected chi connectivity index (χ4v) is 6.58. The van der Waals surface area contributed by atoms with Gasteiger partial charge in [-0.25, -0.2) is 10.1 Å². The predicted octanol–water partition coefficient (Wildman–Crippen LogP) is 10.6. The van der Waals surface area contributed by atoms with E-state index in [1.54, 1.807) is 6.20 Å². The third-order valence-corrected chi connectivity index (χ3v) is 9.28. The topological polar surface area (TPSA) is 91.9 Å². The Kier molecular flexibility index (Phi) is 7.59. The minimum atomic E-state index is -0.322. The highest BCUT2D eigenvalue weighted by Crippen LogP contribution is 2.59. The first-order valence-electron chi connectivity index (χ1n) is 16.0. The molecule has 234 valence electrons. The van der Waals surface area contributed by atoms with E-state index < -0.39 is 0 Å². The van der Waals surface area contributed by atoms with Crippen LogP contribution in [0, 0.1) is 40.6 Å². The second kappa shape index (κ2) is 11.4. The molecule has 0 bridgehead atoms. The molecule has 0 spiro atoms. The Bertz CT molecular complexity index is 2240. The first-order chi connectivity index (χ1) is 22.7. The molecule has 0 saturated carbocycles. The number of benzene rings is 3. The Labute approximate surface area is 283 Å². The van der Waals surface area contributed by atoms with E-state index in [4.69, 9.17) is 11.6 Å². The lowest BCUT2D eigenvalue weighted by Crippen LogP contribution is -2.26. The first-order valence-corrected chi connectivity index (χ1v) is 16.0. The van der Waals surface area contributed by atoms with Crippen molar-refractivity contribution in [3.63, 3.8) is 0 Å². The molecule has 3 aromatic carbocycles. The molecule has 2 aliphatic heterocycles. The predicted molar refractivity (Wildman–Crippen MR) is 191 cm³/mol. The molecule has 6 nitrogen and oxygen atoms in total. The molecule has 0 atom stereocenters. The van der Waals surface area contributed by atoms with E-state index >= 15 is 0 Å². The van der Waals surface area contributed by atoms with E-state index in [0.717, 1.165) is 50.6 Å². The van der Waals surface area contributed by atoms with Gasteiger partial charge in [-0.2, -0.15) is 10.5 Å². The summed E-state index contributed by atoms with van der Waals surface area (Å²) < 4.78 is 0. The van der Waals surface area contributed by atoms with Crippen molar-refractivity contribution in [3.05, 3.63) is 128 Å². The molecule has 0 saturated heterocycles. The summed E-state index contributed by atoms with van der Waals surface area (Å²) >= 11 is 0. The van der Waals surface area contributed by atoms with E-state index in [2.05, 4.69) is 126 Å². The fourth-order valence-electron chi connectivity index (χ4n) is 6.58. The van der Waals surface area contributed by atoms with E-state index in [1.807, 2.05) is 18.2 Å². The molecule has 0 amide bonds. The molecule has 48 heavy (non-hydrogen) atoms. The van der Waals surface area contributed by atoms with Crippen LogP contribution in [0.4, 0.5) is 17.1 Å². The maximum absolute atomic E-state index is 10.3. The number of allylic oxidation sites excluding steroid dienone is 2. The SMILES string of the molecule is [C-]#[N+]/C(C#N)=C1\c2cnc(-c3cccc(C(C)(C)C)c3)cc2N2c3ccc(C(C)C)cc3C(=C(C#N)C#N)c3cc(C(C)(C)C)cc1c32. The highest BCUT2D eigenvalue weighted by Gasteiger charge is 2.40. The molecule has 0 fully saturated rings. The standard InChI is InChI=1S/C42H36N6/c1-24(2)25-13-14-36-30(16-25)38(27(20-43)21-44)31-17-29(42(6,7)8)18-32-39(35(22-45)46-9)33-23-47-34(19-37(33)48(36)40(31)32)26-11-10-12-28(15-26)41(3,4)5/h10-19,23-24H,1-8H3/b39-35-. The molecule has 0 radical (unpaired) electrons. The largest absolute Gasteiger partial charge is 0.308 e. The second-order valence-electron chi connectivity index (χ2n) is 14.8. The van der Waals surface area contributed by atoms with Gasteiger partial charge < -0.3 is 4.90 Å². The minimum Gasteiger partial charge on any atom is -0.308 e. The van der Waals surface area contributed by atoms with Gasteiger partial charge in [-0.3, -0.25) is 4.98 Å². The number of nitriles is 3. The van der Waals surface area contributed by atoms with E-state index in [-0.39, 0.29) is 28.0 Å². The lowest BCUT2D eigenvalue weighted by atomic mass is 9.75.